The Morgan fingerprint density at radius 1 is 0.494 bits per heavy atom. The molecule has 5 rings (SSSR count). The van der Waals surface area contributed by atoms with Gasteiger partial charge in [0.2, 0.25) is 5.91 Å². The second-order valence-electron chi connectivity index (χ2n) is 22.0. The third kappa shape index (κ3) is 28.0. The molecular weight excluding hydrogens is 955 g/mol. The van der Waals surface area contributed by atoms with Crippen molar-refractivity contribution in [3.8, 4) is 0 Å². The number of carbonyl (C=O) groups is 1. The Hall–Kier alpha value is -4.15. The third-order valence-electron chi connectivity index (χ3n) is 15.3. The first-order chi connectivity index (χ1) is 38.0. The summed E-state index contributed by atoms with van der Waals surface area (Å²) in [5.74, 6) is -0.0111. The van der Waals surface area contributed by atoms with E-state index in [4.69, 9.17) is 23.7 Å². The average molecular weight is 1060 g/mol. The van der Waals surface area contributed by atoms with Gasteiger partial charge in [0.15, 0.2) is 0 Å². The number of rotatable bonds is 45. The predicted octanol–water partition coefficient (Wildman–Crippen LogP) is 17.1. The number of unbranched alkanes of at least 4 members (excludes halogenated alkanes) is 23. The Kier molecular flexibility index (Phi) is 34.6. The molecule has 4 aromatic rings. The Labute approximate surface area is 467 Å². The van der Waals surface area contributed by atoms with Crippen molar-refractivity contribution in [3.63, 3.8) is 0 Å². The van der Waals surface area contributed by atoms with Crippen LogP contribution in [0.15, 0.2) is 133 Å². The molecular formula is C69H103NO7. The molecule has 2 N–H and O–H groups in total. The molecule has 0 radical (unpaired) electrons. The lowest BCUT2D eigenvalue weighted by molar-refractivity contribution is -0.273. The van der Waals surface area contributed by atoms with E-state index in [1.165, 1.54) is 128 Å². The van der Waals surface area contributed by atoms with Crippen molar-refractivity contribution in [1.82, 2.24) is 5.32 Å². The zero-order valence-electron chi connectivity index (χ0n) is 48.0. The lowest BCUT2D eigenvalue weighted by Gasteiger charge is -2.46. The molecule has 8 nitrogen and oxygen atoms in total. The van der Waals surface area contributed by atoms with E-state index in [1.54, 1.807) is 0 Å². The summed E-state index contributed by atoms with van der Waals surface area (Å²) in [7, 11) is 0. The van der Waals surface area contributed by atoms with Crippen LogP contribution >= 0.6 is 0 Å². The molecule has 0 saturated carbocycles. The predicted molar refractivity (Wildman–Crippen MR) is 318 cm³/mol. The summed E-state index contributed by atoms with van der Waals surface area (Å²) in [5, 5.41) is 15.3. The van der Waals surface area contributed by atoms with Gasteiger partial charge in [-0.2, -0.15) is 0 Å². The summed E-state index contributed by atoms with van der Waals surface area (Å²) in [6.07, 6.45) is 33.5. The zero-order chi connectivity index (χ0) is 54.1. The molecule has 4 aromatic carbocycles. The third-order valence-corrected chi connectivity index (χ3v) is 15.3. The zero-order valence-corrected chi connectivity index (χ0v) is 48.0. The van der Waals surface area contributed by atoms with Crippen molar-refractivity contribution in [2.75, 3.05) is 6.61 Å². The molecule has 1 fully saturated rings. The van der Waals surface area contributed by atoms with Crippen LogP contribution in [0.5, 0.6) is 0 Å². The van der Waals surface area contributed by atoms with Crippen LogP contribution < -0.4 is 5.32 Å². The van der Waals surface area contributed by atoms with Gasteiger partial charge in [0.05, 0.1) is 51.3 Å². The summed E-state index contributed by atoms with van der Waals surface area (Å²) in [6.45, 7) is 6.30. The first-order valence-electron chi connectivity index (χ1n) is 30.9. The topological polar surface area (TPSA) is 95.5 Å². The highest BCUT2D eigenvalue weighted by Crippen LogP contribution is 2.34. The van der Waals surface area contributed by atoms with Crippen LogP contribution in [0, 0.1) is 0 Å². The largest absolute Gasteiger partial charge is 0.387 e. The number of amides is 1. The van der Waals surface area contributed by atoms with Crippen LogP contribution in [0.1, 0.15) is 216 Å². The minimum absolute atomic E-state index is 0.0111. The van der Waals surface area contributed by atoms with Crippen LogP contribution in [0.25, 0.3) is 0 Å². The second-order valence-corrected chi connectivity index (χ2v) is 22.0. The maximum absolute atomic E-state index is 13.9. The summed E-state index contributed by atoms with van der Waals surface area (Å²) in [4.78, 5) is 13.9. The SMILES string of the molecule is CCCCCCCCCCCCC/C=C/[C@@H](O)[C@H](CC[C@@H]1O[C@H](COCc2ccccc2)[C@H](OCc2ccccc2)[C@H](OCc2ccccc2)[C@H]1OCc1ccccc1)NC(=O)CCCCCCCCCCCCCCC. The minimum atomic E-state index is -0.859. The molecule has 8 heteroatoms. The number of hydrogen-bond acceptors (Lipinski definition) is 7. The Morgan fingerprint density at radius 2 is 0.870 bits per heavy atom. The van der Waals surface area contributed by atoms with E-state index < -0.39 is 42.7 Å². The summed E-state index contributed by atoms with van der Waals surface area (Å²) in [5.41, 5.74) is 4.21. The molecule has 77 heavy (non-hydrogen) atoms. The maximum Gasteiger partial charge on any atom is 0.220 e. The highest BCUT2D eigenvalue weighted by atomic mass is 16.6. The van der Waals surface area contributed by atoms with Crippen molar-refractivity contribution in [2.45, 2.75) is 263 Å². The number of aliphatic hydroxyl groups excluding tert-OH is 1. The van der Waals surface area contributed by atoms with Crippen LogP contribution in [-0.4, -0.2) is 60.3 Å². The normalized spacial score (nSPS) is 18.4. The van der Waals surface area contributed by atoms with Gasteiger partial charge >= 0.3 is 0 Å². The molecule has 7 atom stereocenters. The molecule has 1 saturated heterocycles. The summed E-state index contributed by atoms with van der Waals surface area (Å²) in [6, 6.07) is 40.3. The fourth-order valence-electron chi connectivity index (χ4n) is 10.7. The highest BCUT2D eigenvalue weighted by Gasteiger charge is 2.48. The van der Waals surface area contributed by atoms with Crippen LogP contribution in [0.2, 0.25) is 0 Å². The fraction of sp³-hybridized carbons (Fsp3) is 0.609. The van der Waals surface area contributed by atoms with E-state index in [-0.39, 0.29) is 12.5 Å². The van der Waals surface area contributed by atoms with E-state index in [2.05, 4.69) is 73.8 Å². The lowest BCUT2D eigenvalue weighted by Crippen LogP contribution is -2.61. The number of aliphatic hydroxyl groups is 1. The standard InChI is InChI=1S/C69H103NO7/c1-3-5-7-9-11-13-15-17-19-21-23-25-39-49-63(71)62(70-66(72)50-40-26-24-22-20-18-16-14-12-10-8-6-4-2)51-52-64-67(74-54-59-43-33-28-34-44-59)69(76-56-61-47-37-30-38-48-61)68(75-55-60-45-35-29-36-46-60)65(77-64)57-73-53-58-41-31-27-32-42-58/h27-39,41-49,62-65,67-69,71H,3-26,40,50-57H2,1-2H3,(H,70,72)/b49-39+/t62-,63+,64-,65+,67-,68-,69+/m0/s1. The molecule has 0 aliphatic carbocycles. The van der Waals surface area contributed by atoms with Crippen molar-refractivity contribution in [3.05, 3.63) is 156 Å². The summed E-state index contributed by atoms with van der Waals surface area (Å²) >= 11 is 0. The van der Waals surface area contributed by atoms with Gasteiger partial charge in [0, 0.05) is 6.42 Å². The number of benzene rings is 4. The van der Waals surface area contributed by atoms with Gasteiger partial charge < -0.3 is 34.1 Å². The molecule has 1 amide bonds. The van der Waals surface area contributed by atoms with Gasteiger partial charge in [0.25, 0.3) is 0 Å². The molecule has 0 unspecified atom stereocenters. The molecule has 0 bridgehead atoms. The van der Waals surface area contributed by atoms with Crippen molar-refractivity contribution in [2.24, 2.45) is 0 Å². The molecule has 1 aliphatic heterocycles. The minimum Gasteiger partial charge on any atom is -0.387 e. The van der Waals surface area contributed by atoms with Crippen molar-refractivity contribution < 1.29 is 33.6 Å². The maximum atomic E-state index is 13.9. The second kappa shape index (κ2) is 41.8. The Bertz CT molecular complexity index is 2020. The molecule has 0 spiro atoms. The van der Waals surface area contributed by atoms with E-state index >= 15 is 0 Å². The molecule has 1 aliphatic rings. The van der Waals surface area contributed by atoms with Crippen molar-refractivity contribution >= 4 is 5.91 Å². The van der Waals surface area contributed by atoms with Gasteiger partial charge in [0.1, 0.15) is 24.4 Å². The molecule has 0 aromatic heterocycles. The number of hydrogen-bond donors (Lipinski definition) is 2. The van der Waals surface area contributed by atoms with Gasteiger partial charge in [-0.25, -0.2) is 0 Å². The van der Waals surface area contributed by atoms with E-state index in [1.807, 2.05) is 78.9 Å². The number of ether oxygens (including phenoxy) is 5. The van der Waals surface area contributed by atoms with Gasteiger partial charge in [-0.3, -0.25) is 4.79 Å². The van der Waals surface area contributed by atoms with Crippen LogP contribution in [0.4, 0.5) is 0 Å². The van der Waals surface area contributed by atoms with Gasteiger partial charge in [-0.15, -0.1) is 0 Å². The van der Waals surface area contributed by atoms with Gasteiger partial charge in [-0.1, -0.05) is 289 Å². The monoisotopic (exact) mass is 1060 g/mol. The number of carbonyl (C=O) groups excluding carboxylic acids is 1. The molecule has 1 heterocycles. The first kappa shape index (κ1) is 63.7. The average Bonchev–Trinajstić information content (AvgIpc) is 3.46. The van der Waals surface area contributed by atoms with Crippen molar-refractivity contribution in [1.29, 1.82) is 0 Å². The first-order valence-corrected chi connectivity index (χ1v) is 30.9. The Balaban J connectivity index is 1.30. The Morgan fingerprint density at radius 3 is 1.31 bits per heavy atom. The number of allylic oxidation sites excluding steroid dienone is 1. The van der Waals surface area contributed by atoms with Crippen LogP contribution in [-0.2, 0) is 54.9 Å². The lowest BCUT2D eigenvalue weighted by atomic mass is 9.90. The number of nitrogens with one attached hydrogen (secondary N) is 1. The van der Waals surface area contributed by atoms with E-state index in [0.717, 1.165) is 54.4 Å². The molecule has 426 valence electrons. The van der Waals surface area contributed by atoms with E-state index in [9.17, 15) is 9.90 Å². The quantitative estimate of drug-likeness (QED) is 0.0336. The van der Waals surface area contributed by atoms with E-state index in [0.29, 0.717) is 45.7 Å². The van der Waals surface area contributed by atoms with Crippen LogP contribution in [0.3, 0.4) is 0 Å². The smallest absolute Gasteiger partial charge is 0.220 e. The fourth-order valence-corrected chi connectivity index (χ4v) is 10.7. The van der Waals surface area contributed by atoms with Gasteiger partial charge in [-0.05, 0) is 54.4 Å². The highest BCUT2D eigenvalue weighted by molar-refractivity contribution is 5.76. The summed E-state index contributed by atoms with van der Waals surface area (Å²) < 4.78 is 34.7.